The van der Waals surface area contributed by atoms with Crippen LogP contribution in [0.2, 0.25) is 0 Å². The van der Waals surface area contributed by atoms with E-state index in [1.807, 2.05) is 0 Å². The summed E-state index contributed by atoms with van der Waals surface area (Å²) in [7, 11) is 0. The third-order valence-corrected chi connectivity index (χ3v) is 2.76. The molecule has 0 fully saturated rings. The Morgan fingerprint density at radius 3 is 2.39 bits per heavy atom. The van der Waals surface area contributed by atoms with Crippen LogP contribution in [0.4, 0.5) is 4.39 Å². The molecular weight excluding hydrogens is 235 g/mol. The van der Waals surface area contributed by atoms with Crippen LogP contribution in [0.3, 0.4) is 0 Å². The maximum Gasteiger partial charge on any atom is 0.303 e. The van der Waals surface area contributed by atoms with Crippen molar-refractivity contribution < 1.29 is 19.1 Å². The summed E-state index contributed by atoms with van der Waals surface area (Å²) in [5.74, 6) is -1.46. The lowest BCUT2D eigenvalue weighted by molar-refractivity contribution is -0.139. The number of ketones is 1. The first kappa shape index (κ1) is 14.4. The summed E-state index contributed by atoms with van der Waals surface area (Å²) in [6.45, 7) is 5.14. The van der Waals surface area contributed by atoms with Gasteiger partial charge in [0.15, 0.2) is 5.78 Å². The van der Waals surface area contributed by atoms with Gasteiger partial charge < -0.3 is 5.11 Å². The van der Waals surface area contributed by atoms with Gasteiger partial charge in [-0.05, 0) is 36.1 Å². The van der Waals surface area contributed by atoms with E-state index in [4.69, 9.17) is 5.11 Å². The highest BCUT2D eigenvalue weighted by molar-refractivity contribution is 5.98. The molecule has 18 heavy (non-hydrogen) atoms. The number of carbonyl (C=O) groups is 2. The van der Waals surface area contributed by atoms with Crippen molar-refractivity contribution in [2.75, 3.05) is 0 Å². The third kappa shape index (κ3) is 3.95. The number of carbonyl (C=O) groups excluding carboxylic acids is 1. The van der Waals surface area contributed by atoms with Gasteiger partial charge in [-0.15, -0.1) is 0 Å². The molecule has 4 heteroatoms. The van der Waals surface area contributed by atoms with Crippen LogP contribution in [0, 0.1) is 18.2 Å². The predicted octanol–water partition coefficient (Wildman–Crippen LogP) is 3.21. The lowest BCUT2D eigenvalue weighted by Crippen LogP contribution is -2.21. The molecule has 0 bridgehead atoms. The van der Waals surface area contributed by atoms with Crippen molar-refractivity contribution in [2.24, 2.45) is 5.41 Å². The number of benzene rings is 1. The summed E-state index contributed by atoms with van der Waals surface area (Å²) >= 11 is 0. The van der Waals surface area contributed by atoms with Crippen molar-refractivity contribution >= 4 is 11.8 Å². The largest absolute Gasteiger partial charge is 0.481 e. The molecule has 0 radical (unpaired) electrons. The van der Waals surface area contributed by atoms with E-state index in [0.717, 1.165) is 0 Å². The summed E-state index contributed by atoms with van der Waals surface area (Å²) in [5, 5.41) is 8.76. The van der Waals surface area contributed by atoms with E-state index in [-0.39, 0.29) is 24.4 Å². The van der Waals surface area contributed by atoms with Crippen LogP contribution in [0.1, 0.15) is 42.6 Å². The van der Waals surface area contributed by atoms with Gasteiger partial charge in [0.2, 0.25) is 0 Å². The molecule has 1 aromatic rings. The average molecular weight is 252 g/mol. The first-order chi connectivity index (χ1) is 8.21. The lowest BCUT2D eigenvalue weighted by atomic mass is 9.82. The van der Waals surface area contributed by atoms with Crippen molar-refractivity contribution in [3.05, 3.63) is 35.1 Å². The SMILES string of the molecule is Cc1cc(F)ccc1C(=O)CC(C)(C)CC(=O)O. The summed E-state index contributed by atoms with van der Waals surface area (Å²) in [6, 6.07) is 3.99. The molecule has 0 unspecified atom stereocenters. The highest BCUT2D eigenvalue weighted by Crippen LogP contribution is 2.27. The molecule has 0 saturated carbocycles. The number of halogens is 1. The van der Waals surface area contributed by atoms with Gasteiger partial charge in [-0.1, -0.05) is 13.8 Å². The lowest BCUT2D eigenvalue weighted by Gasteiger charge is -2.21. The fourth-order valence-corrected chi connectivity index (χ4v) is 1.94. The van der Waals surface area contributed by atoms with Crippen LogP contribution in [0.5, 0.6) is 0 Å². The number of hydrogen-bond acceptors (Lipinski definition) is 2. The molecule has 0 atom stereocenters. The molecule has 1 N–H and O–H groups in total. The second kappa shape index (κ2) is 5.29. The monoisotopic (exact) mass is 252 g/mol. The molecular formula is C14H17FO3. The van der Waals surface area contributed by atoms with Crippen LogP contribution in [-0.4, -0.2) is 16.9 Å². The normalized spacial score (nSPS) is 11.3. The van der Waals surface area contributed by atoms with Crippen molar-refractivity contribution in [2.45, 2.75) is 33.6 Å². The van der Waals surface area contributed by atoms with Gasteiger partial charge in [0.25, 0.3) is 0 Å². The van der Waals surface area contributed by atoms with Crippen molar-refractivity contribution in [1.29, 1.82) is 0 Å². The Morgan fingerprint density at radius 2 is 1.89 bits per heavy atom. The summed E-state index contributed by atoms with van der Waals surface area (Å²) in [6.07, 6.45) is 0.0603. The second-order valence-corrected chi connectivity index (χ2v) is 5.29. The van der Waals surface area contributed by atoms with E-state index in [0.29, 0.717) is 11.1 Å². The van der Waals surface area contributed by atoms with E-state index in [9.17, 15) is 14.0 Å². The first-order valence-corrected chi connectivity index (χ1v) is 5.72. The van der Waals surface area contributed by atoms with Gasteiger partial charge in [0, 0.05) is 12.0 Å². The maximum atomic E-state index is 12.9. The standard InChI is InChI=1S/C14H17FO3/c1-9-6-10(15)4-5-11(9)12(16)7-14(2,3)8-13(17)18/h4-6H,7-8H2,1-3H3,(H,17,18). The summed E-state index contributed by atoms with van der Waals surface area (Å²) in [4.78, 5) is 22.7. The molecule has 1 rings (SSSR count). The van der Waals surface area contributed by atoms with Crippen molar-refractivity contribution in [3.8, 4) is 0 Å². The van der Waals surface area contributed by atoms with Gasteiger partial charge in [-0.2, -0.15) is 0 Å². The van der Waals surface area contributed by atoms with Gasteiger partial charge in [-0.3, -0.25) is 9.59 Å². The van der Waals surface area contributed by atoms with E-state index in [1.165, 1.54) is 18.2 Å². The maximum absolute atomic E-state index is 12.9. The zero-order valence-corrected chi connectivity index (χ0v) is 10.8. The number of carboxylic acid groups (broad SMARTS) is 1. The molecule has 0 saturated heterocycles. The van der Waals surface area contributed by atoms with Crippen molar-refractivity contribution in [1.82, 2.24) is 0 Å². The fourth-order valence-electron chi connectivity index (χ4n) is 1.94. The quantitative estimate of drug-likeness (QED) is 0.819. The van der Waals surface area contributed by atoms with Crippen LogP contribution in [-0.2, 0) is 4.79 Å². The number of aliphatic carboxylic acids is 1. The minimum absolute atomic E-state index is 0.0705. The molecule has 0 aliphatic carbocycles. The molecule has 1 aromatic carbocycles. The smallest absolute Gasteiger partial charge is 0.303 e. The fraction of sp³-hybridized carbons (Fsp3) is 0.429. The van der Waals surface area contributed by atoms with E-state index < -0.39 is 11.4 Å². The zero-order valence-electron chi connectivity index (χ0n) is 10.8. The van der Waals surface area contributed by atoms with E-state index >= 15 is 0 Å². The summed E-state index contributed by atoms with van der Waals surface area (Å²) < 4.78 is 12.9. The molecule has 0 aliphatic rings. The van der Waals surface area contributed by atoms with Crippen molar-refractivity contribution in [3.63, 3.8) is 0 Å². The number of aryl methyl sites for hydroxylation is 1. The Hall–Kier alpha value is -1.71. The minimum Gasteiger partial charge on any atom is -0.481 e. The number of Topliss-reactive ketones (excluding diaryl/α,β-unsaturated/α-hetero) is 1. The van der Waals surface area contributed by atoms with Crippen LogP contribution >= 0.6 is 0 Å². The highest BCUT2D eigenvalue weighted by Gasteiger charge is 2.26. The predicted molar refractivity (Wildman–Crippen MR) is 66.1 cm³/mol. The van der Waals surface area contributed by atoms with Crippen LogP contribution < -0.4 is 0 Å². The number of rotatable bonds is 5. The van der Waals surface area contributed by atoms with E-state index in [2.05, 4.69) is 0 Å². The molecule has 3 nitrogen and oxygen atoms in total. The Bertz CT molecular complexity index is 478. The Labute approximate surface area is 106 Å². The van der Waals surface area contributed by atoms with Gasteiger partial charge >= 0.3 is 5.97 Å². The average Bonchev–Trinajstić information content (AvgIpc) is 2.13. The van der Waals surface area contributed by atoms with Crippen LogP contribution in [0.15, 0.2) is 18.2 Å². The van der Waals surface area contributed by atoms with Gasteiger partial charge in [0.05, 0.1) is 6.42 Å². The molecule has 0 amide bonds. The highest BCUT2D eigenvalue weighted by atomic mass is 19.1. The minimum atomic E-state index is -0.927. The Kier molecular flexibility index (Phi) is 4.22. The van der Waals surface area contributed by atoms with Gasteiger partial charge in [0.1, 0.15) is 5.82 Å². The number of carboxylic acids is 1. The molecule has 98 valence electrons. The molecule has 0 heterocycles. The van der Waals surface area contributed by atoms with Crippen LogP contribution in [0.25, 0.3) is 0 Å². The second-order valence-electron chi connectivity index (χ2n) is 5.29. The molecule has 0 aromatic heterocycles. The summed E-state index contributed by atoms with van der Waals surface area (Å²) in [5.41, 5.74) is 0.421. The zero-order chi connectivity index (χ0) is 13.9. The Balaban J connectivity index is 2.85. The molecule has 0 spiro atoms. The topological polar surface area (TPSA) is 54.4 Å². The molecule has 0 aliphatic heterocycles. The third-order valence-electron chi connectivity index (χ3n) is 2.76. The first-order valence-electron chi connectivity index (χ1n) is 5.72. The Morgan fingerprint density at radius 1 is 1.28 bits per heavy atom. The number of hydrogen-bond donors (Lipinski definition) is 1. The van der Waals surface area contributed by atoms with Gasteiger partial charge in [-0.25, -0.2) is 4.39 Å². The van der Waals surface area contributed by atoms with E-state index in [1.54, 1.807) is 20.8 Å².